The van der Waals surface area contributed by atoms with Crippen molar-refractivity contribution in [1.82, 2.24) is 0 Å². The molecule has 2 nitrogen and oxygen atoms in total. The molecule has 0 amide bonds. The molecule has 0 saturated carbocycles. The van der Waals surface area contributed by atoms with Crippen LogP contribution in [0.1, 0.15) is 74.9 Å². The van der Waals surface area contributed by atoms with Crippen LogP contribution >= 0.6 is 0 Å². The molecule has 13 rings (SSSR count). The van der Waals surface area contributed by atoms with E-state index in [4.69, 9.17) is 4.42 Å². The Hall–Kier alpha value is -7.42. The molecule has 0 fully saturated rings. The lowest BCUT2D eigenvalue weighted by Gasteiger charge is -2.29. The Bertz CT molecular complexity index is 3620. The van der Waals surface area contributed by atoms with Gasteiger partial charge in [-0.3, -0.25) is 0 Å². The molecule has 312 valence electrons. The van der Waals surface area contributed by atoms with Gasteiger partial charge in [-0.05, 0) is 126 Å². The summed E-state index contributed by atoms with van der Waals surface area (Å²) in [6.45, 7) is 14.4. The molecule has 0 atom stereocenters. The first-order chi connectivity index (χ1) is 31.5. The molecular formula is C63H49NO. The van der Waals surface area contributed by atoms with Gasteiger partial charge in [-0.2, -0.15) is 0 Å². The Kier molecular flexibility index (Phi) is 7.80. The van der Waals surface area contributed by atoms with Gasteiger partial charge in [0.15, 0.2) is 0 Å². The summed E-state index contributed by atoms with van der Waals surface area (Å²) in [4.78, 5) is 2.48. The van der Waals surface area contributed by atoms with Crippen molar-refractivity contribution >= 4 is 39.0 Å². The summed E-state index contributed by atoms with van der Waals surface area (Å²) in [6, 6.07) is 70.0. The standard InChI is InChI=1S/C63H49NO/c1-61(2)50-24-13-10-19-44(50)45-33-31-42(36-53(45)61)64(40-29-27-38(28-30-40)43-22-16-23-47-46-20-12-15-26-56(46)65-60(43)47)41-32-34-52-49(35-41)59-55(63(52,5)6)37-54-58(57(59)39-17-8-7-9-18-39)48-21-11-14-25-51(48)62(54,3)4/h7-37H,1-6H3. The van der Waals surface area contributed by atoms with Crippen LogP contribution < -0.4 is 4.90 Å². The van der Waals surface area contributed by atoms with Gasteiger partial charge in [-0.25, -0.2) is 0 Å². The summed E-state index contributed by atoms with van der Waals surface area (Å²) in [5.41, 5.74) is 25.9. The van der Waals surface area contributed by atoms with E-state index in [1.807, 2.05) is 6.07 Å². The van der Waals surface area contributed by atoms with Gasteiger partial charge < -0.3 is 9.32 Å². The fourth-order valence-corrected chi connectivity index (χ4v) is 12.1. The van der Waals surface area contributed by atoms with Gasteiger partial charge in [0, 0.05) is 49.6 Å². The maximum absolute atomic E-state index is 6.52. The summed E-state index contributed by atoms with van der Waals surface area (Å²) < 4.78 is 6.52. The monoisotopic (exact) mass is 835 g/mol. The van der Waals surface area contributed by atoms with Crippen molar-refractivity contribution in [3.05, 3.63) is 221 Å². The molecule has 9 aromatic carbocycles. The quantitative estimate of drug-likeness (QED) is 0.172. The highest BCUT2D eigenvalue weighted by molar-refractivity contribution is 6.10. The number of fused-ring (bicyclic) bond motifs is 12. The van der Waals surface area contributed by atoms with Gasteiger partial charge in [-0.15, -0.1) is 0 Å². The molecule has 0 saturated heterocycles. The summed E-state index contributed by atoms with van der Waals surface area (Å²) >= 11 is 0. The second kappa shape index (κ2) is 13.3. The van der Waals surface area contributed by atoms with Crippen LogP contribution in [0.2, 0.25) is 0 Å². The maximum Gasteiger partial charge on any atom is 0.143 e. The zero-order valence-electron chi connectivity index (χ0n) is 37.8. The average molecular weight is 836 g/mol. The number of benzene rings is 9. The zero-order valence-corrected chi connectivity index (χ0v) is 37.8. The number of nitrogens with zero attached hydrogens (tertiary/aromatic N) is 1. The SMILES string of the molecule is CC1(C)c2ccccc2-c2ccc(N(c3ccc(-c4cccc5c4oc4ccccc45)cc3)c3ccc4c(c3)-c3c(cc5c(c3-c3ccccc3)-c3ccccc3C5(C)C)C4(C)C)cc21. The first kappa shape index (κ1) is 38.1. The number of hydrogen-bond acceptors (Lipinski definition) is 2. The van der Waals surface area contributed by atoms with Crippen LogP contribution in [0.5, 0.6) is 0 Å². The van der Waals surface area contributed by atoms with E-state index in [0.717, 1.165) is 50.1 Å². The Morgan fingerprint density at radius 1 is 0.323 bits per heavy atom. The molecule has 0 bridgehead atoms. The van der Waals surface area contributed by atoms with Gasteiger partial charge in [0.25, 0.3) is 0 Å². The summed E-state index contributed by atoms with van der Waals surface area (Å²) in [5.74, 6) is 0. The number of anilines is 3. The second-order valence-electron chi connectivity index (χ2n) is 20.1. The first-order valence-corrected chi connectivity index (χ1v) is 23.1. The minimum atomic E-state index is -0.208. The zero-order chi connectivity index (χ0) is 44.0. The third-order valence-corrected chi connectivity index (χ3v) is 15.5. The third-order valence-electron chi connectivity index (χ3n) is 15.5. The van der Waals surface area contributed by atoms with E-state index in [9.17, 15) is 0 Å². The van der Waals surface area contributed by atoms with Crippen molar-refractivity contribution in [1.29, 1.82) is 0 Å². The van der Waals surface area contributed by atoms with E-state index < -0.39 is 0 Å². The summed E-state index contributed by atoms with van der Waals surface area (Å²) in [7, 11) is 0. The first-order valence-electron chi connectivity index (χ1n) is 23.1. The van der Waals surface area contributed by atoms with Crippen molar-refractivity contribution in [3.63, 3.8) is 0 Å². The topological polar surface area (TPSA) is 16.4 Å². The van der Waals surface area contributed by atoms with Crippen LogP contribution in [0.15, 0.2) is 192 Å². The Balaban J connectivity index is 1.03. The third kappa shape index (κ3) is 5.23. The molecule has 3 aliphatic carbocycles. The highest BCUT2D eigenvalue weighted by Crippen LogP contribution is 2.61. The van der Waals surface area contributed by atoms with Crippen molar-refractivity contribution < 1.29 is 4.42 Å². The minimum absolute atomic E-state index is 0.125. The molecule has 0 spiro atoms. The van der Waals surface area contributed by atoms with Crippen molar-refractivity contribution in [2.75, 3.05) is 4.90 Å². The molecule has 0 radical (unpaired) electrons. The smallest absolute Gasteiger partial charge is 0.143 e. The van der Waals surface area contributed by atoms with Crippen molar-refractivity contribution in [3.8, 4) is 55.6 Å². The lowest BCUT2D eigenvalue weighted by atomic mass is 9.76. The van der Waals surface area contributed by atoms with E-state index in [0.29, 0.717) is 0 Å². The van der Waals surface area contributed by atoms with E-state index in [-0.39, 0.29) is 16.2 Å². The minimum Gasteiger partial charge on any atom is -0.455 e. The van der Waals surface area contributed by atoms with E-state index >= 15 is 0 Å². The lowest BCUT2D eigenvalue weighted by molar-refractivity contribution is 0.639. The predicted octanol–water partition coefficient (Wildman–Crippen LogP) is 17.3. The van der Waals surface area contributed by atoms with Crippen LogP contribution in [-0.4, -0.2) is 0 Å². The van der Waals surface area contributed by atoms with Gasteiger partial charge in [0.2, 0.25) is 0 Å². The molecule has 0 N–H and O–H groups in total. The van der Waals surface area contributed by atoms with Crippen LogP contribution in [-0.2, 0) is 16.2 Å². The van der Waals surface area contributed by atoms with Crippen LogP contribution in [0.3, 0.4) is 0 Å². The number of hydrogen-bond donors (Lipinski definition) is 0. The normalized spacial score (nSPS) is 15.3. The van der Waals surface area contributed by atoms with E-state index in [2.05, 4.69) is 228 Å². The van der Waals surface area contributed by atoms with Gasteiger partial charge in [0.05, 0.1) is 0 Å². The highest BCUT2D eigenvalue weighted by Gasteiger charge is 2.45. The fourth-order valence-electron chi connectivity index (χ4n) is 12.1. The second-order valence-corrected chi connectivity index (χ2v) is 20.1. The molecule has 1 aromatic heterocycles. The largest absolute Gasteiger partial charge is 0.455 e. The maximum atomic E-state index is 6.52. The van der Waals surface area contributed by atoms with Crippen LogP contribution in [0.4, 0.5) is 17.1 Å². The van der Waals surface area contributed by atoms with Crippen molar-refractivity contribution in [2.24, 2.45) is 0 Å². The summed E-state index contributed by atoms with van der Waals surface area (Å²) in [5, 5.41) is 2.28. The van der Waals surface area contributed by atoms with Crippen LogP contribution in [0.25, 0.3) is 77.6 Å². The molecule has 2 heteroatoms. The number of rotatable bonds is 5. The lowest BCUT2D eigenvalue weighted by Crippen LogP contribution is -2.19. The molecular weight excluding hydrogens is 787 g/mol. The van der Waals surface area contributed by atoms with Crippen molar-refractivity contribution in [2.45, 2.75) is 57.8 Å². The Morgan fingerprint density at radius 3 is 1.63 bits per heavy atom. The average Bonchev–Trinajstić information content (AvgIpc) is 3.97. The predicted molar refractivity (Wildman–Crippen MR) is 272 cm³/mol. The van der Waals surface area contributed by atoms with Crippen LogP contribution in [0, 0.1) is 0 Å². The van der Waals surface area contributed by atoms with Gasteiger partial charge in [-0.1, -0.05) is 187 Å². The highest BCUT2D eigenvalue weighted by atomic mass is 16.3. The molecule has 0 unspecified atom stereocenters. The molecule has 1 heterocycles. The molecule has 65 heavy (non-hydrogen) atoms. The van der Waals surface area contributed by atoms with E-state index in [1.165, 1.54) is 77.9 Å². The number of furan rings is 1. The van der Waals surface area contributed by atoms with E-state index in [1.54, 1.807) is 0 Å². The summed E-state index contributed by atoms with van der Waals surface area (Å²) in [6.07, 6.45) is 0. The molecule has 10 aromatic rings. The van der Waals surface area contributed by atoms with Gasteiger partial charge in [0.1, 0.15) is 11.2 Å². The number of para-hydroxylation sites is 2. The Morgan fingerprint density at radius 2 is 0.862 bits per heavy atom. The Labute approximate surface area is 381 Å². The molecule has 0 aliphatic heterocycles. The molecule has 3 aliphatic rings. The fraction of sp³-hybridized carbons (Fsp3) is 0.143. The van der Waals surface area contributed by atoms with Gasteiger partial charge >= 0.3 is 0 Å².